The number of nitrogens with zero attached hydrogens (tertiary/aromatic N) is 1. The van der Waals surface area contributed by atoms with Crippen LogP contribution in [-0.4, -0.2) is 31.6 Å². The number of nitrogens with one attached hydrogen (secondary N) is 1. The van der Waals surface area contributed by atoms with E-state index in [1.165, 1.54) is 0 Å². The lowest BCUT2D eigenvalue weighted by molar-refractivity contribution is 0.338. The number of rotatable bonds is 5. The Hall–Kier alpha value is -0.320. The summed E-state index contributed by atoms with van der Waals surface area (Å²) in [6.07, 6.45) is 0.758. The first-order valence-electron chi connectivity index (χ1n) is 5.08. The van der Waals surface area contributed by atoms with Crippen LogP contribution in [-0.2, 0) is 6.42 Å². The van der Waals surface area contributed by atoms with Crippen molar-refractivity contribution in [1.29, 1.82) is 0 Å². The van der Waals surface area contributed by atoms with E-state index in [0.29, 0.717) is 10.0 Å². The Kier molecular flexibility index (Phi) is 5.52. The Morgan fingerprint density at radius 1 is 1.38 bits per heavy atom. The van der Waals surface area contributed by atoms with Gasteiger partial charge in [0.1, 0.15) is 0 Å². The van der Waals surface area contributed by atoms with Crippen LogP contribution in [0.15, 0.2) is 18.2 Å². The number of benzene rings is 1. The highest BCUT2D eigenvalue weighted by molar-refractivity contribution is 6.42. The van der Waals surface area contributed by atoms with E-state index in [4.69, 9.17) is 29.0 Å². The van der Waals surface area contributed by atoms with E-state index >= 15 is 0 Å². The van der Waals surface area contributed by atoms with Crippen LogP contribution in [0.2, 0.25) is 10.0 Å². The lowest BCUT2D eigenvalue weighted by Crippen LogP contribution is -2.43. The molecule has 0 saturated carbocycles. The molecule has 1 atom stereocenters. The molecule has 5 heteroatoms. The minimum Gasteiger partial charge on any atom is -0.308 e. The fourth-order valence-electron chi connectivity index (χ4n) is 1.59. The van der Waals surface area contributed by atoms with Crippen LogP contribution in [0.5, 0.6) is 0 Å². The van der Waals surface area contributed by atoms with Gasteiger partial charge in [0, 0.05) is 12.6 Å². The van der Waals surface area contributed by atoms with Crippen LogP contribution in [0.3, 0.4) is 0 Å². The summed E-state index contributed by atoms with van der Waals surface area (Å²) in [5, 5.41) is 1.20. The van der Waals surface area contributed by atoms with Crippen LogP contribution < -0.4 is 11.3 Å². The van der Waals surface area contributed by atoms with Crippen molar-refractivity contribution >= 4 is 23.2 Å². The third-order valence-corrected chi connectivity index (χ3v) is 3.18. The largest absolute Gasteiger partial charge is 0.308 e. The maximum atomic E-state index is 6.12. The molecule has 0 aliphatic rings. The first-order valence-corrected chi connectivity index (χ1v) is 5.84. The number of hydrogen-bond donors (Lipinski definition) is 2. The molecule has 0 aliphatic carbocycles. The maximum absolute atomic E-state index is 6.12. The molecule has 0 heterocycles. The second kappa shape index (κ2) is 6.42. The summed E-state index contributed by atoms with van der Waals surface area (Å²) in [7, 11) is 4.01. The minimum atomic E-state index is 0.158. The molecule has 1 rings (SSSR count). The lowest BCUT2D eigenvalue weighted by Gasteiger charge is -2.20. The van der Waals surface area contributed by atoms with Crippen molar-refractivity contribution in [1.82, 2.24) is 10.3 Å². The van der Waals surface area contributed by atoms with Crippen molar-refractivity contribution in [2.45, 2.75) is 12.5 Å². The standard InChI is InChI=1S/C11H17Cl2N3/c1-16(2)7-9(15-14)6-8-4-3-5-10(12)11(8)13/h3-5,9,15H,6-7,14H2,1-2H3. The summed E-state index contributed by atoms with van der Waals surface area (Å²) in [4.78, 5) is 2.07. The Balaban J connectivity index is 2.74. The van der Waals surface area contributed by atoms with E-state index < -0.39 is 0 Å². The van der Waals surface area contributed by atoms with Gasteiger partial charge in [0.05, 0.1) is 10.0 Å². The van der Waals surface area contributed by atoms with Gasteiger partial charge in [0.2, 0.25) is 0 Å². The van der Waals surface area contributed by atoms with Crippen molar-refractivity contribution in [3.63, 3.8) is 0 Å². The molecule has 3 nitrogen and oxygen atoms in total. The van der Waals surface area contributed by atoms with E-state index in [2.05, 4.69) is 10.3 Å². The molecule has 3 N–H and O–H groups in total. The molecular weight excluding hydrogens is 245 g/mol. The Morgan fingerprint density at radius 3 is 2.62 bits per heavy atom. The molecule has 16 heavy (non-hydrogen) atoms. The Labute approximate surface area is 106 Å². The Morgan fingerprint density at radius 2 is 2.06 bits per heavy atom. The van der Waals surface area contributed by atoms with Crippen LogP contribution in [0, 0.1) is 0 Å². The van der Waals surface area contributed by atoms with Crippen LogP contribution >= 0.6 is 23.2 Å². The molecule has 0 bridgehead atoms. The zero-order valence-corrected chi connectivity index (χ0v) is 11.0. The quantitative estimate of drug-likeness (QED) is 0.629. The number of likely N-dealkylation sites (N-methyl/N-ethyl adjacent to an activating group) is 1. The van der Waals surface area contributed by atoms with Crippen molar-refractivity contribution in [3.05, 3.63) is 33.8 Å². The van der Waals surface area contributed by atoms with Gasteiger partial charge in [-0.25, -0.2) is 0 Å². The van der Waals surface area contributed by atoms with Gasteiger partial charge < -0.3 is 4.90 Å². The van der Waals surface area contributed by atoms with E-state index in [1.807, 2.05) is 26.2 Å². The summed E-state index contributed by atoms with van der Waals surface area (Å²) in [5.74, 6) is 5.50. The third-order valence-electron chi connectivity index (χ3n) is 2.32. The van der Waals surface area contributed by atoms with Gasteiger partial charge in [0.15, 0.2) is 0 Å². The molecule has 0 aliphatic heterocycles. The van der Waals surface area contributed by atoms with Crippen molar-refractivity contribution in [2.24, 2.45) is 5.84 Å². The summed E-state index contributed by atoms with van der Waals surface area (Å²) in [6.45, 7) is 0.847. The molecule has 1 aromatic carbocycles. The van der Waals surface area contributed by atoms with E-state index in [-0.39, 0.29) is 6.04 Å². The molecule has 0 spiro atoms. The van der Waals surface area contributed by atoms with Gasteiger partial charge in [-0.2, -0.15) is 0 Å². The van der Waals surface area contributed by atoms with Crippen molar-refractivity contribution in [3.8, 4) is 0 Å². The fourth-order valence-corrected chi connectivity index (χ4v) is 1.99. The first-order chi connectivity index (χ1) is 7.54. The number of halogens is 2. The normalized spacial score (nSPS) is 13.1. The number of nitrogens with two attached hydrogens (primary N) is 1. The highest BCUT2D eigenvalue weighted by Crippen LogP contribution is 2.26. The fraction of sp³-hybridized carbons (Fsp3) is 0.455. The van der Waals surface area contributed by atoms with Crippen molar-refractivity contribution < 1.29 is 0 Å². The highest BCUT2D eigenvalue weighted by atomic mass is 35.5. The van der Waals surface area contributed by atoms with Crippen LogP contribution in [0.4, 0.5) is 0 Å². The zero-order chi connectivity index (χ0) is 12.1. The molecule has 0 amide bonds. The van der Waals surface area contributed by atoms with Gasteiger partial charge in [-0.05, 0) is 32.1 Å². The molecular formula is C11H17Cl2N3. The van der Waals surface area contributed by atoms with Gasteiger partial charge in [-0.15, -0.1) is 0 Å². The van der Waals surface area contributed by atoms with E-state index in [0.717, 1.165) is 18.5 Å². The van der Waals surface area contributed by atoms with E-state index in [9.17, 15) is 0 Å². The first kappa shape index (κ1) is 13.7. The summed E-state index contributed by atoms with van der Waals surface area (Å²) >= 11 is 12.1. The Bertz CT molecular complexity index is 342. The molecule has 0 fully saturated rings. The smallest absolute Gasteiger partial charge is 0.0624 e. The van der Waals surface area contributed by atoms with E-state index in [1.54, 1.807) is 6.07 Å². The highest BCUT2D eigenvalue weighted by Gasteiger charge is 2.12. The minimum absolute atomic E-state index is 0.158. The SMILES string of the molecule is CN(C)CC(Cc1cccc(Cl)c1Cl)NN. The van der Waals surface area contributed by atoms with Crippen molar-refractivity contribution in [2.75, 3.05) is 20.6 Å². The molecule has 0 saturated heterocycles. The summed E-state index contributed by atoms with van der Waals surface area (Å²) in [5.41, 5.74) is 3.80. The van der Waals surface area contributed by atoms with Gasteiger partial charge in [-0.3, -0.25) is 11.3 Å². The van der Waals surface area contributed by atoms with Gasteiger partial charge in [0.25, 0.3) is 0 Å². The molecule has 90 valence electrons. The molecule has 1 unspecified atom stereocenters. The van der Waals surface area contributed by atoms with Crippen LogP contribution in [0.25, 0.3) is 0 Å². The zero-order valence-electron chi connectivity index (χ0n) is 9.50. The topological polar surface area (TPSA) is 41.3 Å². The van der Waals surface area contributed by atoms with Gasteiger partial charge in [-0.1, -0.05) is 35.3 Å². The van der Waals surface area contributed by atoms with Gasteiger partial charge >= 0.3 is 0 Å². The monoisotopic (exact) mass is 261 g/mol. The lowest BCUT2D eigenvalue weighted by atomic mass is 10.1. The van der Waals surface area contributed by atoms with Crippen LogP contribution in [0.1, 0.15) is 5.56 Å². The maximum Gasteiger partial charge on any atom is 0.0624 e. The molecule has 0 aromatic heterocycles. The average molecular weight is 262 g/mol. The molecule has 1 aromatic rings. The number of hydrogen-bond acceptors (Lipinski definition) is 3. The summed E-state index contributed by atoms with van der Waals surface area (Å²) < 4.78 is 0. The second-order valence-corrected chi connectivity index (χ2v) is 4.83. The predicted molar refractivity (Wildman–Crippen MR) is 69.8 cm³/mol. The average Bonchev–Trinajstić information content (AvgIpc) is 2.23. The number of hydrazine groups is 1. The second-order valence-electron chi connectivity index (χ2n) is 4.04. The third kappa shape index (κ3) is 3.92. The summed E-state index contributed by atoms with van der Waals surface area (Å²) in [6, 6.07) is 5.80. The molecule has 0 radical (unpaired) electrons. The predicted octanol–water partition coefficient (Wildman–Crippen LogP) is 1.93.